The average Bonchev–Trinajstić information content (AvgIpc) is 2.15. The van der Waals surface area contributed by atoms with Gasteiger partial charge in [-0.2, -0.15) is 0 Å². The van der Waals surface area contributed by atoms with Gasteiger partial charge in [0, 0.05) is 12.6 Å². The van der Waals surface area contributed by atoms with E-state index in [4.69, 9.17) is 4.74 Å². The number of nitrogens with zero attached hydrogens (tertiary/aromatic N) is 1. The summed E-state index contributed by atoms with van der Waals surface area (Å²) in [4.78, 5) is 13.7. The summed E-state index contributed by atoms with van der Waals surface area (Å²) in [7, 11) is 1.47. The lowest BCUT2D eigenvalue weighted by Crippen LogP contribution is -2.56. The van der Waals surface area contributed by atoms with Gasteiger partial charge < -0.3 is 4.74 Å². The van der Waals surface area contributed by atoms with Crippen LogP contribution in [0.2, 0.25) is 0 Å². The van der Waals surface area contributed by atoms with Gasteiger partial charge in [0.15, 0.2) is 0 Å². The Balaban J connectivity index is 2.26. The number of esters is 1. The first-order valence-electron chi connectivity index (χ1n) is 6.39. The average molecular weight is 227 g/mol. The third-order valence-corrected chi connectivity index (χ3v) is 3.50. The minimum atomic E-state index is -0.0676. The lowest BCUT2D eigenvalue weighted by molar-refractivity contribution is -0.153. The number of carbonyl (C=O) groups is 1. The predicted molar refractivity (Wildman–Crippen MR) is 65.3 cm³/mol. The molecule has 2 atom stereocenters. The zero-order valence-corrected chi connectivity index (χ0v) is 11.0. The predicted octanol–water partition coefficient (Wildman–Crippen LogP) is 2.45. The second-order valence-electron chi connectivity index (χ2n) is 5.24. The van der Waals surface area contributed by atoms with Crippen molar-refractivity contribution in [2.24, 2.45) is 5.92 Å². The van der Waals surface area contributed by atoms with E-state index in [1.54, 1.807) is 0 Å². The van der Waals surface area contributed by atoms with Crippen LogP contribution in [0.3, 0.4) is 0 Å². The van der Waals surface area contributed by atoms with Gasteiger partial charge in [-0.15, -0.1) is 0 Å². The van der Waals surface area contributed by atoms with Crippen LogP contribution in [-0.4, -0.2) is 36.6 Å². The van der Waals surface area contributed by atoms with Crippen LogP contribution in [0, 0.1) is 5.92 Å². The third kappa shape index (κ3) is 3.48. The van der Waals surface area contributed by atoms with Gasteiger partial charge in [-0.3, -0.25) is 9.69 Å². The van der Waals surface area contributed by atoms with Crippen LogP contribution in [0.1, 0.15) is 46.5 Å². The summed E-state index contributed by atoms with van der Waals surface area (Å²) in [5.41, 5.74) is 0. The van der Waals surface area contributed by atoms with Crippen molar-refractivity contribution in [2.45, 2.75) is 58.5 Å². The molecule has 0 saturated carbocycles. The topological polar surface area (TPSA) is 29.5 Å². The van der Waals surface area contributed by atoms with Crippen LogP contribution in [0.5, 0.6) is 0 Å². The molecule has 16 heavy (non-hydrogen) atoms. The molecule has 1 saturated heterocycles. The number of ether oxygens (including phenoxy) is 1. The Kier molecular flexibility index (Phi) is 5.26. The number of hydrogen-bond donors (Lipinski definition) is 0. The van der Waals surface area contributed by atoms with E-state index in [0.29, 0.717) is 6.04 Å². The Morgan fingerprint density at radius 1 is 1.38 bits per heavy atom. The molecule has 0 aromatic heterocycles. The fourth-order valence-electron chi connectivity index (χ4n) is 2.31. The van der Waals surface area contributed by atoms with Crippen molar-refractivity contribution in [3.05, 3.63) is 0 Å². The van der Waals surface area contributed by atoms with E-state index in [1.165, 1.54) is 26.4 Å². The highest BCUT2D eigenvalue weighted by Gasteiger charge is 2.37. The fraction of sp³-hybridized carbons (Fsp3) is 0.923. The van der Waals surface area contributed by atoms with Crippen LogP contribution < -0.4 is 0 Å². The Hall–Kier alpha value is -0.570. The number of likely N-dealkylation sites (tertiary alicyclic amines) is 1. The van der Waals surface area contributed by atoms with E-state index < -0.39 is 0 Å². The molecule has 1 aliphatic heterocycles. The molecule has 0 radical (unpaired) electrons. The van der Waals surface area contributed by atoms with E-state index in [1.807, 2.05) is 0 Å². The Morgan fingerprint density at radius 3 is 2.50 bits per heavy atom. The van der Waals surface area contributed by atoms with Crippen molar-refractivity contribution >= 4 is 5.97 Å². The molecule has 0 aliphatic carbocycles. The zero-order valence-electron chi connectivity index (χ0n) is 11.0. The maximum absolute atomic E-state index is 11.4. The molecule has 3 heteroatoms. The number of carbonyl (C=O) groups excluding carboxylic acids is 1. The lowest BCUT2D eigenvalue weighted by atomic mass is 9.96. The van der Waals surface area contributed by atoms with Crippen molar-refractivity contribution < 1.29 is 9.53 Å². The Labute approximate surface area is 99.1 Å². The molecule has 1 aliphatic rings. The molecule has 0 aromatic rings. The van der Waals surface area contributed by atoms with Crippen molar-refractivity contribution in [2.75, 3.05) is 13.7 Å². The molecular formula is C13H25NO2. The van der Waals surface area contributed by atoms with Crippen molar-refractivity contribution in [1.82, 2.24) is 4.90 Å². The quantitative estimate of drug-likeness (QED) is 0.653. The van der Waals surface area contributed by atoms with Crippen LogP contribution in [0.25, 0.3) is 0 Å². The van der Waals surface area contributed by atoms with E-state index in [0.717, 1.165) is 18.9 Å². The van der Waals surface area contributed by atoms with Gasteiger partial charge in [0.1, 0.15) is 6.04 Å². The lowest BCUT2D eigenvalue weighted by Gasteiger charge is -2.43. The first kappa shape index (κ1) is 13.5. The number of hydrogen-bond acceptors (Lipinski definition) is 3. The van der Waals surface area contributed by atoms with Gasteiger partial charge in [-0.1, -0.05) is 26.7 Å². The summed E-state index contributed by atoms with van der Waals surface area (Å²) >= 11 is 0. The molecular weight excluding hydrogens is 202 g/mol. The highest BCUT2D eigenvalue weighted by Crippen LogP contribution is 2.24. The molecule has 0 N–H and O–H groups in total. The van der Waals surface area contributed by atoms with Crippen LogP contribution in [-0.2, 0) is 9.53 Å². The second-order valence-corrected chi connectivity index (χ2v) is 5.24. The van der Waals surface area contributed by atoms with Gasteiger partial charge in [0.05, 0.1) is 7.11 Å². The monoisotopic (exact) mass is 227 g/mol. The van der Waals surface area contributed by atoms with E-state index >= 15 is 0 Å². The highest BCUT2D eigenvalue weighted by molar-refractivity contribution is 5.76. The summed E-state index contributed by atoms with van der Waals surface area (Å²) in [6.45, 7) is 7.77. The second kappa shape index (κ2) is 6.24. The molecule has 0 bridgehead atoms. The maximum atomic E-state index is 11.4. The minimum absolute atomic E-state index is 0.0269. The minimum Gasteiger partial charge on any atom is -0.468 e. The van der Waals surface area contributed by atoms with Crippen LogP contribution >= 0.6 is 0 Å². The Bertz CT molecular complexity index is 228. The molecule has 0 aromatic carbocycles. The van der Waals surface area contributed by atoms with Crippen molar-refractivity contribution in [3.8, 4) is 0 Å². The van der Waals surface area contributed by atoms with Gasteiger partial charge >= 0.3 is 5.97 Å². The molecule has 1 fully saturated rings. The Morgan fingerprint density at radius 2 is 2.06 bits per heavy atom. The molecule has 0 spiro atoms. The molecule has 2 unspecified atom stereocenters. The summed E-state index contributed by atoms with van der Waals surface area (Å²) in [5, 5.41) is 0. The summed E-state index contributed by atoms with van der Waals surface area (Å²) < 4.78 is 4.80. The van der Waals surface area contributed by atoms with Crippen LogP contribution in [0.4, 0.5) is 0 Å². The largest absolute Gasteiger partial charge is 0.468 e. The first-order chi connectivity index (χ1) is 7.56. The molecule has 1 heterocycles. The standard InChI is InChI=1S/C13H25NO2/c1-10(2)6-5-7-11(3)14-9-8-12(14)13(15)16-4/h10-12H,5-9H2,1-4H3. The van der Waals surface area contributed by atoms with Crippen molar-refractivity contribution in [1.29, 1.82) is 0 Å². The first-order valence-corrected chi connectivity index (χ1v) is 6.39. The molecule has 1 rings (SSSR count). The van der Waals surface area contributed by atoms with Gasteiger partial charge in [0.25, 0.3) is 0 Å². The number of rotatable bonds is 6. The third-order valence-electron chi connectivity index (χ3n) is 3.50. The smallest absolute Gasteiger partial charge is 0.323 e. The van der Waals surface area contributed by atoms with Crippen LogP contribution in [0.15, 0.2) is 0 Å². The maximum Gasteiger partial charge on any atom is 0.323 e. The van der Waals surface area contributed by atoms with Crippen molar-refractivity contribution in [3.63, 3.8) is 0 Å². The summed E-state index contributed by atoms with van der Waals surface area (Å²) in [6.07, 6.45) is 4.68. The van der Waals surface area contributed by atoms with Gasteiger partial charge in [0.2, 0.25) is 0 Å². The van der Waals surface area contributed by atoms with E-state index in [2.05, 4.69) is 25.7 Å². The molecule has 94 valence electrons. The SMILES string of the molecule is COC(=O)C1CCN1C(C)CCCC(C)C. The number of methoxy groups -OCH3 is 1. The molecule has 0 amide bonds. The van der Waals surface area contributed by atoms with Gasteiger partial charge in [-0.25, -0.2) is 0 Å². The zero-order chi connectivity index (χ0) is 12.1. The highest BCUT2D eigenvalue weighted by atomic mass is 16.5. The fourth-order valence-corrected chi connectivity index (χ4v) is 2.31. The summed E-state index contributed by atoms with van der Waals surface area (Å²) in [6, 6.07) is 0.538. The normalized spacial score (nSPS) is 22.9. The summed E-state index contributed by atoms with van der Waals surface area (Å²) in [5.74, 6) is 0.710. The van der Waals surface area contributed by atoms with E-state index in [-0.39, 0.29) is 12.0 Å². The van der Waals surface area contributed by atoms with Gasteiger partial charge in [-0.05, 0) is 25.7 Å². The van der Waals surface area contributed by atoms with E-state index in [9.17, 15) is 4.79 Å². The molecule has 3 nitrogen and oxygen atoms in total.